The zero-order chi connectivity index (χ0) is 17.0. The second-order valence-electron chi connectivity index (χ2n) is 5.95. The first kappa shape index (κ1) is 17.9. The third kappa shape index (κ3) is 4.31. The standard InChI is InChI=1S/C16H24N2O4S/c1-3-13-5-4-6-15(11-13)23(21,22)18-9-7-14(8-10-18)17(2)12-16(19)20/h4-6,11,14H,3,7-10,12H2,1-2H3,(H,19,20). The molecule has 1 heterocycles. The number of carboxylic acid groups (broad SMARTS) is 1. The van der Waals surface area contributed by atoms with Crippen molar-refractivity contribution in [2.45, 2.75) is 37.1 Å². The van der Waals surface area contributed by atoms with Gasteiger partial charge in [0.25, 0.3) is 0 Å². The van der Waals surface area contributed by atoms with Crippen molar-refractivity contribution in [2.75, 3.05) is 26.7 Å². The molecular weight excluding hydrogens is 316 g/mol. The second-order valence-corrected chi connectivity index (χ2v) is 7.88. The van der Waals surface area contributed by atoms with Crippen LogP contribution >= 0.6 is 0 Å². The lowest BCUT2D eigenvalue weighted by Crippen LogP contribution is -2.46. The molecule has 0 aliphatic carbocycles. The van der Waals surface area contributed by atoms with Crippen molar-refractivity contribution in [3.8, 4) is 0 Å². The molecule has 1 saturated heterocycles. The number of hydrogen-bond acceptors (Lipinski definition) is 4. The molecule has 6 nitrogen and oxygen atoms in total. The van der Waals surface area contributed by atoms with E-state index in [1.54, 1.807) is 30.1 Å². The molecule has 1 N–H and O–H groups in total. The van der Waals surface area contributed by atoms with Gasteiger partial charge in [0, 0.05) is 19.1 Å². The fourth-order valence-corrected chi connectivity index (χ4v) is 4.48. The number of benzene rings is 1. The molecular formula is C16H24N2O4S. The fourth-order valence-electron chi connectivity index (χ4n) is 2.94. The summed E-state index contributed by atoms with van der Waals surface area (Å²) in [7, 11) is -1.70. The number of likely N-dealkylation sites (N-methyl/N-ethyl adjacent to an activating group) is 1. The molecule has 128 valence electrons. The molecule has 0 amide bonds. The van der Waals surface area contributed by atoms with E-state index in [-0.39, 0.29) is 12.6 Å². The highest BCUT2D eigenvalue weighted by Crippen LogP contribution is 2.23. The molecule has 7 heteroatoms. The molecule has 23 heavy (non-hydrogen) atoms. The van der Waals surface area contributed by atoms with Gasteiger partial charge in [-0.25, -0.2) is 8.42 Å². The molecule has 1 aliphatic heterocycles. The van der Waals surface area contributed by atoms with Gasteiger partial charge in [0.15, 0.2) is 0 Å². The van der Waals surface area contributed by atoms with Gasteiger partial charge < -0.3 is 5.11 Å². The summed E-state index contributed by atoms with van der Waals surface area (Å²) < 4.78 is 27.0. The summed E-state index contributed by atoms with van der Waals surface area (Å²) in [4.78, 5) is 12.9. The maximum absolute atomic E-state index is 12.7. The van der Waals surface area contributed by atoms with Crippen molar-refractivity contribution in [3.05, 3.63) is 29.8 Å². The summed E-state index contributed by atoms with van der Waals surface area (Å²) in [5.41, 5.74) is 1.00. The number of sulfonamides is 1. The van der Waals surface area contributed by atoms with Gasteiger partial charge in [0.1, 0.15) is 0 Å². The summed E-state index contributed by atoms with van der Waals surface area (Å²) in [6.45, 7) is 2.83. The zero-order valence-corrected chi connectivity index (χ0v) is 14.4. The Hall–Kier alpha value is -1.44. The quantitative estimate of drug-likeness (QED) is 0.847. The number of hydrogen-bond donors (Lipinski definition) is 1. The van der Waals surface area contributed by atoms with Crippen LogP contribution in [0.4, 0.5) is 0 Å². The second kappa shape index (κ2) is 7.42. The molecule has 1 aliphatic rings. The predicted octanol–water partition coefficient (Wildman–Crippen LogP) is 1.42. The van der Waals surface area contributed by atoms with E-state index in [9.17, 15) is 13.2 Å². The molecule has 1 aromatic carbocycles. The third-order valence-electron chi connectivity index (χ3n) is 4.38. The minimum Gasteiger partial charge on any atom is -0.480 e. The van der Waals surface area contributed by atoms with E-state index in [2.05, 4.69) is 0 Å². The third-order valence-corrected chi connectivity index (χ3v) is 6.27. The smallest absolute Gasteiger partial charge is 0.317 e. The number of aryl methyl sites for hydroxylation is 1. The summed E-state index contributed by atoms with van der Waals surface area (Å²) in [5.74, 6) is -0.862. The van der Waals surface area contributed by atoms with Gasteiger partial charge in [-0.1, -0.05) is 19.1 Å². The average molecular weight is 340 g/mol. The first-order chi connectivity index (χ1) is 10.8. The lowest BCUT2D eigenvalue weighted by Gasteiger charge is -2.35. The van der Waals surface area contributed by atoms with E-state index in [4.69, 9.17) is 5.11 Å². The Labute approximate surface area is 137 Å². The van der Waals surface area contributed by atoms with Crippen LogP contribution in [0.2, 0.25) is 0 Å². The van der Waals surface area contributed by atoms with Crippen molar-refractivity contribution in [1.82, 2.24) is 9.21 Å². The lowest BCUT2D eigenvalue weighted by molar-refractivity contribution is -0.138. The summed E-state index contributed by atoms with van der Waals surface area (Å²) in [5, 5.41) is 8.85. The molecule has 1 aromatic rings. The van der Waals surface area contributed by atoms with Crippen LogP contribution in [0, 0.1) is 0 Å². The van der Waals surface area contributed by atoms with Gasteiger partial charge in [-0.2, -0.15) is 4.31 Å². The highest BCUT2D eigenvalue weighted by molar-refractivity contribution is 7.89. The predicted molar refractivity (Wildman–Crippen MR) is 87.9 cm³/mol. The normalized spacial score (nSPS) is 17.5. The Bertz CT molecular complexity index is 652. The molecule has 0 bridgehead atoms. The Balaban J connectivity index is 2.05. The van der Waals surface area contributed by atoms with Crippen LogP contribution in [0.3, 0.4) is 0 Å². The van der Waals surface area contributed by atoms with Gasteiger partial charge >= 0.3 is 5.97 Å². The number of carbonyl (C=O) groups is 1. The largest absolute Gasteiger partial charge is 0.480 e. The molecule has 0 saturated carbocycles. The zero-order valence-electron chi connectivity index (χ0n) is 13.6. The van der Waals surface area contributed by atoms with Crippen LogP contribution in [0.1, 0.15) is 25.3 Å². The monoisotopic (exact) mass is 340 g/mol. The van der Waals surface area contributed by atoms with Crippen molar-refractivity contribution in [3.63, 3.8) is 0 Å². The van der Waals surface area contributed by atoms with E-state index in [1.807, 2.05) is 13.0 Å². The molecule has 0 radical (unpaired) electrons. The molecule has 1 fully saturated rings. The Kier molecular flexibility index (Phi) is 5.78. The number of aliphatic carboxylic acids is 1. The van der Waals surface area contributed by atoms with Crippen LogP contribution in [-0.4, -0.2) is 61.4 Å². The van der Waals surface area contributed by atoms with Gasteiger partial charge in [0.2, 0.25) is 10.0 Å². The van der Waals surface area contributed by atoms with Gasteiger partial charge in [-0.05, 0) is 44.0 Å². The van der Waals surface area contributed by atoms with Crippen molar-refractivity contribution in [1.29, 1.82) is 0 Å². The average Bonchev–Trinajstić information content (AvgIpc) is 2.54. The Morgan fingerprint density at radius 2 is 2.00 bits per heavy atom. The minimum absolute atomic E-state index is 0.0179. The molecule has 0 spiro atoms. The van der Waals surface area contributed by atoms with Crippen molar-refractivity contribution < 1.29 is 18.3 Å². The van der Waals surface area contributed by atoms with E-state index in [0.717, 1.165) is 12.0 Å². The maximum Gasteiger partial charge on any atom is 0.317 e. The Morgan fingerprint density at radius 3 is 2.57 bits per heavy atom. The SMILES string of the molecule is CCc1cccc(S(=O)(=O)N2CCC(N(C)CC(=O)O)CC2)c1. The lowest BCUT2D eigenvalue weighted by atomic mass is 10.1. The van der Waals surface area contributed by atoms with Crippen molar-refractivity contribution in [2.24, 2.45) is 0 Å². The first-order valence-corrected chi connectivity index (χ1v) is 9.29. The van der Waals surface area contributed by atoms with E-state index in [0.29, 0.717) is 30.8 Å². The minimum atomic E-state index is -3.47. The number of nitrogens with zero attached hydrogens (tertiary/aromatic N) is 2. The summed E-state index contributed by atoms with van der Waals surface area (Å²) in [6.07, 6.45) is 2.10. The molecule has 0 aromatic heterocycles. The molecule has 2 rings (SSSR count). The van der Waals surface area contributed by atoms with Gasteiger partial charge in [-0.15, -0.1) is 0 Å². The van der Waals surface area contributed by atoms with Crippen LogP contribution in [0.25, 0.3) is 0 Å². The summed E-state index contributed by atoms with van der Waals surface area (Å²) >= 11 is 0. The number of rotatable bonds is 6. The molecule has 0 unspecified atom stereocenters. The van der Waals surface area contributed by atoms with Crippen LogP contribution in [-0.2, 0) is 21.2 Å². The fraction of sp³-hybridized carbons (Fsp3) is 0.562. The van der Waals surface area contributed by atoms with E-state index in [1.165, 1.54) is 4.31 Å². The highest BCUT2D eigenvalue weighted by atomic mass is 32.2. The number of piperidine rings is 1. The maximum atomic E-state index is 12.7. The van der Waals surface area contributed by atoms with Crippen molar-refractivity contribution >= 4 is 16.0 Å². The Morgan fingerprint density at radius 1 is 1.35 bits per heavy atom. The first-order valence-electron chi connectivity index (χ1n) is 7.85. The summed E-state index contributed by atoms with van der Waals surface area (Å²) in [6, 6.07) is 7.18. The van der Waals surface area contributed by atoms with Gasteiger partial charge in [0.05, 0.1) is 11.4 Å². The number of carboxylic acids is 1. The highest BCUT2D eigenvalue weighted by Gasteiger charge is 2.31. The van der Waals surface area contributed by atoms with Crippen LogP contribution in [0.15, 0.2) is 29.2 Å². The van der Waals surface area contributed by atoms with E-state index < -0.39 is 16.0 Å². The van der Waals surface area contributed by atoms with Crippen LogP contribution < -0.4 is 0 Å². The topological polar surface area (TPSA) is 77.9 Å². The van der Waals surface area contributed by atoms with Gasteiger partial charge in [-0.3, -0.25) is 9.69 Å². The molecule has 0 atom stereocenters. The van der Waals surface area contributed by atoms with Crippen LogP contribution in [0.5, 0.6) is 0 Å². The van der Waals surface area contributed by atoms with E-state index >= 15 is 0 Å².